The average molecular weight is 378 g/mol. The molecular formula is C21H22N4O3. The summed E-state index contributed by atoms with van der Waals surface area (Å²) < 4.78 is 0. The first-order chi connectivity index (χ1) is 13.3. The van der Waals surface area contributed by atoms with Gasteiger partial charge in [0.05, 0.1) is 5.69 Å². The van der Waals surface area contributed by atoms with E-state index in [9.17, 15) is 14.4 Å². The summed E-state index contributed by atoms with van der Waals surface area (Å²) in [6, 6.07) is 14.1. The van der Waals surface area contributed by atoms with Crippen LogP contribution in [-0.2, 0) is 9.59 Å². The number of carbonyl (C=O) groups excluding carboxylic acids is 3. The number of hydrogen-bond donors (Lipinski definition) is 1. The summed E-state index contributed by atoms with van der Waals surface area (Å²) in [5.41, 5.74) is 2.88. The molecule has 1 N–H and O–H groups in total. The van der Waals surface area contributed by atoms with Crippen LogP contribution in [0.2, 0.25) is 0 Å². The minimum absolute atomic E-state index is 0.151. The summed E-state index contributed by atoms with van der Waals surface area (Å²) in [5.74, 6) is -0.692. The summed E-state index contributed by atoms with van der Waals surface area (Å²) in [5, 5.41) is 8.31. The van der Waals surface area contributed by atoms with E-state index in [1.54, 1.807) is 44.4 Å². The summed E-state index contributed by atoms with van der Waals surface area (Å²) in [7, 11) is 3.34. The molecule has 0 saturated heterocycles. The Labute approximate surface area is 163 Å². The van der Waals surface area contributed by atoms with Gasteiger partial charge in [0.2, 0.25) is 5.91 Å². The minimum Gasteiger partial charge on any atom is -0.345 e. The molecule has 0 aromatic heterocycles. The number of benzene rings is 2. The first kappa shape index (κ1) is 19.3. The van der Waals surface area contributed by atoms with Gasteiger partial charge in [-0.3, -0.25) is 14.4 Å². The largest absolute Gasteiger partial charge is 0.345 e. The number of hydrogen-bond acceptors (Lipinski definition) is 4. The van der Waals surface area contributed by atoms with Crippen LogP contribution < -0.4 is 10.3 Å². The van der Waals surface area contributed by atoms with Crippen LogP contribution in [0.3, 0.4) is 0 Å². The van der Waals surface area contributed by atoms with E-state index in [0.717, 1.165) is 5.56 Å². The molecule has 3 rings (SSSR count). The van der Waals surface area contributed by atoms with E-state index < -0.39 is 0 Å². The zero-order valence-electron chi connectivity index (χ0n) is 16.1. The molecule has 28 heavy (non-hydrogen) atoms. The number of aryl methyl sites for hydroxylation is 1. The highest BCUT2D eigenvalue weighted by atomic mass is 16.2. The lowest BCUT2D eigenvalue weighted by molar-refractivity contribution is -0.118. The second kappa shape index (κ2) is 8.04. The third-order valence-electron chi connectivity index (χ3n) is 4.31. The molecule has 2 aromatic rings. The molecule has 3 amide bonds. The first-order valence-electron chi connectivity index (χ1n) is 8.95. The Morgan fingerprint density at radius 1 is 1.07 bits per heavy atom. The molecule has 7 heteroatoms. The van der Waals surface area contributed by atoms with Crippen LogP contribution >= 0.6 is 0 Å². The molecule has 0 unspecified atom stereocenters. The van der Waals surface area contributed by atoms with Crippen molar-refractivity contribution in [1.82, 2.24) is 4.90 Å². The van der Waals surface area contributed by atoms with Crippen LogP contribution in [0.25, 0.3) is 0 Å². The van der Waals surface area contributed by atoms with Crippen LogP contribution in [0, 0.1) is 6.92 Å². The zero-order valence-corrected chi connectivity index (χ0v) is 16.1. The van der Waals surface area contributed by atoms with Crippen molar-refractivity contribution in [2.45, 2.75) is 19.8 Å². The van der Waals surface area contributed by atoms with Crippen LogP contribution in [0.1, 0.15) is 28.8 Å². The summed E-state index contributed by atoms with van der Waals surface area (Å²) in [6.07, 6.45) is 0.475. The molecule has 0 aliphatic carbocycles. The second-order valence-electron chi connectivity index (χ2n) is 6.83. The van der Waals surface area contributed by atoms with E-state index >= 15 is 0 Å². The molecule has 7 nitrogen and oxygen atoms in total. The number of anilines is 2. The van der Waals surface area contributed by atoms with Crippen LogP contribution in [0.15, 0.2) is 53.6 Å². The maximum Gasteiger partial charge on any atom is 0.271 e. The average Bonchev–Trinajstić information content (AvgIpc) is 2.67. The third-order valence-corrected chi connectivity index (χ3v) is 4.31. The van der Waals surface area contributed by atoms with Gasteiger partial charge in [-0.2, -0.15) is 5.10 Å². The monoisotopic (exact) mass is 378 g/mol. The maximum atomic E-state index is 12.7. The smallest absolute Gasteiger partial charge is 0.271 e. The fourth-order valence-corrected chi connectivity index (χ4v) is 2.87. The molecule has 1 aliphatic heterocycles. The predicted molar refractivity (Wildman–Crippen MR) is 108 cm³/mol. The van der Waals surface area contributed by atoms with Gasteiger partial charge < -0.3 is 10.2 Å². The van der Waals surface area contributed by atoms with Gasteiger partial charge in [-0.15, -0.1) is 0 Å². The highest BCUT2D eigenvalue weighted by Crippen LogP contribution is 2.22. The Kier molecular flexibility index (Phi) is 5.54. The molecule has 0 atom stereocenters. The highest BCUT2D eigenvalue weighted by molar-refractivity contribution is 6.44. The van der Waals surface area contributed by atoms with Gasteiger partial charge in [-0.05, 0) is 42.8 Å². The fourth-order valence-electron chi connectivity index (χ4n) is 2.87. The highest BCUT2D eigenvalue weighted by Gasteiger charge is 2.25. The van der Waals surface area contributed by atoms with Crippen molar-refractivity contribution in [3.05, 3.63) is 59.7 Å². The van der Waals surface area contributed by atoms with Crippen molar-refractivity contribution in [3.63, 3.8) is 0 Å². The Bertz CT molecular complexity index is 966. The lowest BCUT2D eigenvalue weighted by Crippen LogP contribution is -2.36. The topological polar surface area (TPSA) is 82.1 Å². The first-order valence-corrected chi connectivity index (χ1v) is 8.95. The molecule has 2 aromatic carbocycles. The number of nitrogens with one attached hydrogen (secondary N) is 1. The summed E-state index contributed by atoms with van der Waals surface area (Å²) >= 11 is 0. The van der Waals surface area contributed by atoms with Crippen LogP contribution in [0.5, 0.6) is 0 Å². The molecule has 1 aliphatic rings. The van der Waals surface area contributed by atoms with Gasteiger partial charge >= 0.3 is 0 Å². The normalized spacial score (nSPS) is 13.8. The molecule has 0 fully saturated rings. The Balaban J connectivity index is 1.80. The quantitative estimate of drug-likeness (QED) is 0.888. The fraction of sp³-hybridized carbons (Fsp3) is 0.238. The van der Waals surface area contributed by atoms with Crippen molar-refractivity contribution in [2.24, 2.45) is 5.10 Å². The minimum atomic E-state index is -0.389. The lowest BCUT2D eigenvalue weighted by Gasteiger charge is -2.23. The number of rotatable bonds is 4. The van der Waals surface area contributed by atoms with Gasteiger partial charge in [0.15, 0.2) is 0 Å². The molecule has 0 bridgehead atoms. The van der Waals surface area contributed by atoms with Gasteiger partial charge in [0, 0.05) is 38.2 Å². The number of hydrazone groups is 1. The second-order valence-corrected chi connectivity index (χ2v) is 6.83. The van der Waals surface area contributed by atoms with E-state index in [2.05, 4.69) is 10.4 Å². The van der Waals surface area contributed by atoms with Crippen LogP contribution in [-0.4, -0.2) is 42.4 Å². The van der Waals surface area contributed by atoms with Gasteiger partial charge in [-0.1, -0.05) is 18.2 Å². The third kappa shape index (κ3) is 4.25. The van der Waals surface area contributed by atoms with Gasteiger partial charge in [-0.25, -0.2) is 5.01 Å². The lowest BCUT2D eigenvalue weighted by atomic mass is 10.1. The van der Waals surface area contributed by atoms with Crippen molar-refractivity contribution in [2.75, 3.05) is 24.4 Å². The molecule has 144 valence electrons. The van der Waals surface area contributed by atoms with Crippen molar-refractivity contribution >= 4 is 34.8 Å². The molecule has 0 radical (unpaired) electrons. The number of carbonyl (C=O) groups is 3. The zero-order chi connectivity index (χ0) is 20.3. The van der Waals surface area contributed by atoms with Gasteiger partial charge in [0.25, 0.3) is 11.8 Å². The van der Waals surface area contributed by atoms with E-state index in [-0.39, 0.29) is 36.3 Å². The van der Waals surface area contributed by atoms with Gasteiger partial charge in [0.1, 0.15) is 5.71 Å². The summed E-state index contributed by atoms with van der Waals surface area (Å²) in [4.78, 5) is 38.5. The number of amides is 3. The number of nitrogens with zero attached hydrogens (tertiary/aromatic N) is 3. The van der Waals surface area contributed by atoms with Crippen LogP contribution in [0.4, 0.5) is 11.4 Å². The Morgan fingerprint density at radius 3 is 2.54 bits per heavy atom. The molecular weight excluding hydrogens is 356 g/mol. The summed E-state index contributed by atoms with van der Waals surface area (Å²) in [6.45, 7) is 1.93. The predicted octanol–water partition coefficient (Wildman–Crippen LogP) is 2.82. The van der Waals surface area contributed by atoms with E-state index in [0.29, 0.717) is 16.9 Å². The standard InChI is InChI=1S/C21H22N4O3/c1-14-6-4-9-17(12-14)25-19(26)11-10-18(23-25)20(27)22-16-8-5-7-15(13-16)21(28)24(2)3/h4-9,12-13H,10-11H2,1-3H3,(H,22,27). The molecule has 1 heterocycles. The molecule has 0 spiro atoms. The van der Waals surface area contributed by atoms with Crippen molar-refractivity contribution in [3.8, 4) is 0 Å². The SMILES string of the molecule is Cc1cccc(N2N=C(C(=O)Nc3cccc(C(=O)N(C)C)c3)CCC2=O)c1. The Hall–Kier alpha value is -3.48. The Morgan fingerprint density at radius 2 is 1.82 bits per heavy atom. The maximum absolute atomic E-state index is 12.7. The van der Waals surface area contributed by atoms with Crippen molar-refractivity contribution in [1.29, 1.82) is 0 Å². The van der Waals surface area contributed by atoms with E-state index in [4.69, 9.17) is 0 Å². The molecule has 0 saturated carbocycles. The van der Waals surface area contributed by atoms with E-state index in [1.807, 2.05) is 25.1 Å². The van der Waals surface area contributed by atoms with Crippen molar-refractivity contribution < 1.29 is 14.4 Å². The van der Waals surface area contributed by atoms with E-state index in [1.165, 1.54) is 9.91 Å².